The number of aromatic carboxylic acids is 1. The number of nitrogens with zero attached hydrogens (tertiary/aromatic N) is 1. The molecule has 136 valence electrons. The van der Waals surface area contributed by atoms with Crippen LogP contribution >= 0.6 is 0 Å². The van der Waals surface area contributed by atoms with E-state index in [-0.39, 0.29) is 37.3 Å². The second kappa shape index (κ2) is 7.98. The quantitative estimate of drug-likeness (QED) is 0.745. The predicted octanol–water partition coefficient (Wildman–Crippen LogP) is 1.11. The van der Waals surface area contributed by atoms with Crippen molar-refractivity contribution in [1.82, 2.24) is 10.2 Å². The molecule has 2 N–H and O–H groups in total. The molecule has 1 saturated heterocycles. The zero-order valence-corrected chi connectivity index (χ0v) is 14.3. The van der Waals surface area contributed by atoms with Crippen LogP contribution in [0.3, 0.4) is 0 Å². The number of benzene rings is 1. The van der Waals surface area contributed by atoms with Gasteiger partial charge in [0.15, 0.2) is 0 Å². The maximum absolute atomic E-state index is 12.3. The van der Waals surface area contributed by atoms with Gasteiger partial charge in [-0.25, -0.2) is 9.59 Å². The first-order valence-corrected chi connectivity index (χ1v) is 7.84. The van der Waals surface area contributed by atoms with Crippen molar-refractivity contribution in [2.75, 3.05) is 33.9 Å². The van der Waals surface area contributed by atoms with E-state index >= 15 is 0 Å². The number of likely N-dealkylation sites (tertiary alicyclic amines) is 1. The van der Waals surface area contributed by atoms with Crippen LogP contribution in [0.2, 0.25) is 0 Å². The van der Waals surface area contributed by atoms with Crippen molar-refractivity contribution in [1.29, 1.82) is 0 Å². The molecule has 0 aromatic heterocycles. The summed E-state index contributed by atoms with van der Waals surface area (Å²) in [7, 11) is 2.83. The molecule has 1 unspecified atom stereocenters. The van der Waals surface area contributed by atoms with Gasteiger partial charge in [-0.05, 0) is 24.1 Å². The molecule has 2 rings (SSSR count). The number of rotatable bonds is 6. The third-order valence-corrected chi connectivity index (χ3v) is 4.32. The first-order valence-electron chi connectivity index (χ1n) is 7.84. The third kappa shape index (κ3) is 4.27. The van der Waals surface area contributed by atoms with E-state index in [1.165, 1.54) is 26.4 Å². The molecule has 0 saturated carbocycles. The van der Waals surface area contributed by atoms with E-state index in [0.717, 1.165) is 5.56 Å². The Balaban J connectivity index is 1.93. The third-order valence-electron chi connectivity index (χ3n) is 4.32. The Morgan fingerprint density at radius 3 is 2.48 bits per heavy atom. The van der Waals surface area contributed by atoms with E-state index in [0.29, 0.717) is 13.0 Å². The van der Waals surface area contributed by atoms with E-state index in [1.807, 2.05) is 0 Å². The van der Waals surface area contributed by atoms with Gasteiger partial charge in [-0.15, -0.1) is 0 Å². The Kier molecular flexibility index (Phi) is 5.97. The summed E-state index contributed by atoms with van der Waals surface area (Å²) in [5.74, 6) is -1.38. The molecule has 1 fully saturated rings. The first-order chi connectivity index (χ1) is 11.9. The van der Waals surface area contributed by atoms with Crippen LogP contribution in [0.1, 0.15) is 22.3 Å². The van der Waals surface area contributed by atoms with Crippen LogP contribution in [-0.2, 0) is 20.8 Å². The van der Waals surface area contributed by atoms with Gasteiger partial charge < -0.3 is 24.8 Å². The van der Waals surface area contributed by atoms with E-state index in [2.05, 4.69) is 5.32 Å². The number of carboxylic acids is 1. The van der Waals surface area contributed by atoms with Gasteiger partial charge in [0.1, 0.15) is 5.41 Å². The maximum atomic E-state index is 12.3. The Hall–Kier alpha value is -2.61. The van der Waals surface area contributed by atoms with Crippen LogP contribution in [0.15, 0.2) is 24.3 Å². The molecule has 1 aromatic rings. The number of ether oxygens (including phenoxy) is 2. The van der Waals surface area contributed by atoms with Crippen molar-refractivity contribution in [2.45, 2.75) is 13.0 Å². The minimum absolute atomic E-state index is 0.192. The molecule has 25 heavy (non-hydrogen) atoms. The highest BCUT2D eigenvalue weighted by molar-refractivity contribution is 5.87. The standard InChI is InChI=1S/C17H22N2O6/c1-24-11-17(15(22)25-2)7-8-19(10-17)16(23)18-9-12-3-5-13(6-4-12)14(20)21/h3-6H,7-11H2,1-2H3,(H,18,23)(H,20,21). The van der Waals surface area contributed by atoms with Crippen LogP contribution in [-0.4, -0.2) is 61.9 Å². The Morgan fingerprint density at radius 2 is 1.92 bits per heavy atom. The highest BCUT2D eigenvalue weighted by Crippen LogP contribution is 2.32. The molecule has 2 amide bonds. The van der Waals surface area contributed by atoms with Gasteiger partial charge in [0.2, 0.25) is 0 Å². The highest BCUT2D eigenvalue weighted by atomic mass is 16.5. The van der Waals surface area contributed by atoms with Gasteiger partial charge in [0, 0.05) is 26.7 Å². The monoisotopic (exact) mass is 350 g/mol. The minimum Gasteiger partial charge on any atom is -0.478 e. The van der Waals surface area contributed by atoms with Gasteiger partial charge in [0.25, 0.3) is 0 Å². The molecule has 1 aromatic carbocycles. The summed E-state index contributed by atoms with van der Waals surface area (Å²) in [5, 5.41) is 11.6. The topological polar surface area (TPSA) is 105 Å². The molecule has 1 aliphatic heterocycles. The zero-order chi connectivity index (χ0) is 18.4. The lowest BCUT2D eigenvalue weighted by Crippen LogP contribution is -2.43. The molecule has 0 bridgehead atoms. The summed E-state index contributed by atoms with van der Waals surface area (Å²) in [6, 6.07) is 5.99. The number of methoxy groups -OCH3 is 2. The molecule has 1 atom stereocenters. The second-order valence-corrected chi connectivity index (χ2v) is 6.04. The lowest BCUT2D eigenvalue weighted by Gasteiger charge is -2.25. The fraction of sp³-hybridized carbons (Fsp3) is 0.471. The van der Waals surface area contributed by atoms with Crippen molar-refractivity contribution in [3.05, 3.63) is 35.4 Å². The van der Waals surface area contributed by atoms with Crippen LogP contribution in [0.25, 0.3) is 0 Å². The molecule has 1 heterocycles. The molecular formula is C17H22N2O6. The van der Waals surface area contributed by atoms with Gasteiger partial charge in [-0.2, -0.15) is 0 Å². The normalized spacial score (nSPS) is 19.5. The molecule has 8 heteroatoms. The van der Waals surface area contributed by atoms with E-state index in [4.69, 9.17) is 14.6 Å². The first kappa shape index (κ1) is 18.7. The van der Waals surface area contributed by atoms with Gasteiger partial charge in [-0.3, -0.25) is 4.79 Å². The van der Waals surface area contributed by atoms with Crippen molar-refractivity contribution in [3.63, 3.8) is 0 Å². The molecule has 1 aliphatic rings. The number of amides is 2. The predicted molar refractivity (Wildman–Crippen MR) is 88.2 cm³/mol. The van der Waals surface area contributed by atoms with Gasteiger partial charge in [-0.1, -0.05) is 12.1 Å². The summed E-state index contributed by atoms with van der Waals surface area (Å²) in [4.78, 5) is 36.8. The molecule has 0 aliphatic carbocycles. The summed E-state index contributed by atoms with van der Waals surface area (Å²) in [6.45, 7) is 1.13. The fourth-order valence-electron chi connectivity index (χ4n) is 2.94. The minimum atomic E-state index is -0.995. The summed E-state index contributed by atoms with van der Waals surface area (Å²) in [5.41, 5.74) is 0.148. The SMILES string of the molecule is COCC1(C(=O)OC)CCN(C(=O)NCc2ccc(C(=O)O)cc2)C1. The average Bonchev–Trinajstić information content (AvgIpc) is 3.05. The number of carbonyl (C=O) groups excluding carboxylic acids is 2. The Labute approximate surface area is 145 Å². The highest BCUT2D eigenvalue weighted by Gasteiger charge is 2.47. The lowest BCUT2D eigenvalue weighted by molar-refractivity contribution is -0.155. The number of carboxylic acid groups (broad SMARTS) is 1. The van der Waals surface area contributed by atoms with Crippen molar-refractivity contribution in [2.24, 2.45) is 5.41 Å². The number of nitrogens with one attached hydrogen (secondary N) is 1. The van der Waals surface area contributed by atoms with Crippen LogP contribution in [0.5, 0.6) is 0 Å². The lowest BCUT2D eigenvalue weighted by atomic mass is 9.88. The van der Waals surface area contributed by atoms with Crippen LogP contribution in [0, 0.1) is 5.41 Å². The Bertz CT molecular complexity index is 645. The van der Waals surface area contributed by atoms with Crippen molar-refractivity contribution in [3.8, 4) is 0 Å². The molecule has 0 spiro atoms. The number of esters is 1. The molecule has 0 radical (unpaired) electrons. The second-order valence-electron chi connectivity index (χ2n) is 6.04. The van der Waals surface area contributed by atoms with E-state index < -0.39 is 11.4 Å². The van der Waals surface area contributed by atoms with Gasteiger partial charge >= 0.3 is 18.0 Å². The van der Waals surface area contributed by atoms with E-state index in [9.17, 15) is 14.4 Å². The maximum Gasteiger partial charge on any atom is 0.335 e. The summed E-state index contributed by atoms with van der Waals surface area (Å²) in [6.07, 6.45) is 0.480. The smallest absolute Gasteiger partial charge is 0.335 e. The van der Waals surface area contributed by atoms with Crippen molar-refractivity contribution < 1.29 is 29.0 Å². The number of hydrogen-bond donors (Lipinski definition) is 2. The Morgan fingerprint density at radius 1 is 1.24 bits per heavy atom. The summed E-state index contributed by atoms with van der Waals surface area (Å²) >= 11 is 0. The fourth-order valence-corrected chi connectivity index (χ4v) is 2.94. The van der Waals surface area contributed by atoms with Crippen LogP contribution in [0.4, 0.5) is 4.79 Å². The van der Waals surface area contributed by atoms with Crippen molar-refractivity contribution >= 4 is 18.0 Å². The average molecular weight is 350 g/mol. The number of carbonyl (C=O) groups is 3. The summed E-state index contributed by atoms with van der Waals surface area (Å²) < 4.78 is 9.99. The van der Waals surface area contributed by atoms with E-state index in [1.54, 1.807) is 17.0 Å². The zero-order valence-electron chi connectivity index (χ0n) is 14.3. The molecular weight excluding hydrogens is 328 g/mol. The molecule has 8 nitrogen and oxygen atoms in total. The van der Waals surface area contributed by atoms with Gasteiger partial charge in [0.05, 0.1) is 19.3 Å². The number of hydrogen-bond acceptors (Lipinski definition) is 5. The van der Waals surface area contributed by atoms with Crippen LogP contribution < -0.4 is 5.32 Å². The largest absolute Gasteiger partial charge is 0.478 e. The number of urea groups is 1.